The second-order valence-corrected chi connectivity index (χ2v) is 4.56. The quantitative estimate of drug-likeness (QED) is 0.751. The van der Waals surface area contributed by atoms with Crippen LogP contribution >= 0.6 is 0 Å². The zero-order valence-electron chi connectivity index (χ0n) is 9.03. The zero-order valence-corrected chi connectivity index (χ0v) is 9.03. The van der Waals surface area contributed by atoms with Gasteiger partial charge in [-0.1, -0.05) is 12.1 Å². The van der Waals surface area contributed by atoms with Gasteiger partial charge in [-0.2, -0.15) is 0 Å². The molecule has 1 aromatic heterocycles. The van der Waals surface area contributed by atoms with Gasteiger partial charge in [0.05, 0.1) is 0 Å². The Morgan fingerprint density at radius 2 is 2.33 bits per heavy atom. The molecule has 2 heterocycles. The number of pyridine rings is 1. The molecule has 15 heavy (non-hydrogen) atoms. The van der Waals surface area contributed by atoms with E-state index in [0.717, 1.165) is 11.6 Å². The lowest BCUT2D eigenvalue weighted by Gasteiger charge is -2.14. The van der Waals surface area contributed by atoms with Gasteiger partial charge in [-0.05, 0) is 49.4 Å². The zero-order chi connectivity index (χ0) is 10.3. The van der Waals surface area contributed by atoms with E-state index in [4.69, 9.17) is 0 Å². The number of nitrogens with one attached hydrogen (secondary N) is 1. The van der Waals surface area contributed by atoms with Crippen LogP contribution in [0.1, 0.15) is 24.1 Å². The smallest absolute Gasteiger partial charge is 0.0373 e. The van der Waals surface area contributed by atoms with Crippen molar-refractivity contribution >= 4 is 5.57 Å². The Balaban J connectivity index is 1.91. The molecule has 2 heteroatoms. The molecule has 0 spiro atoms. The Bertz CT molecular complexity index is 392. The van der Waals surface area contributed by atoms with Crippen LogP contribution in [0.15, 0.2) is 24.4 Å². The van der Waals surface area contributed by atoms with Gasteiger partial charge in [0.2, 0.25) is 0 Å². The van der Waals surface area contributed by atoms with E-state index in [1.54, 1.807) is 0 Å². The van der Waals surface area contributed by atoms with E-state index in [1.807, 2.05) is 13.1 Å². The van der Waals surface area contributed by atoms with Crippen molar-refractivity contribution in [2.24, 2.45) is 5.92 Å². The molecular weight excluding hydrogens is 184 g/mol. The topological polar surface area (TPSA) is 24.9 Å². The SMILES string of the molecule is Cc1ccc(C2=CC[C@H]3CCN[C@@H]23)cn1. The normalized spacial score (nSPS) is 29.0. The minimum Gasteiger partial charge on any atom is -0.310 e. The molecule has 0 bridgehead atoms. The molecule has 1 N–H and O–H groups in total. The molecule has 2 nitrogen and oxygen atoms in total. The van der Waals surface area contributed by atoms with E-state index in [1.165, 1.54) is 30.5 Å². The van der Waals surface area contributed by atoms with Gasteiger partial charge in [0.15, 0.2) is 0 Å². The van der Waals surface area contributed by atoms with Crippen molar-refractivity contribution in [2.45, 2.75) is 25.8 Å². The molecule has 2 aliphatic rings. The molecule has 0 saturated carbocycles. The fourth-order valence-electron chi connectivity index (χ4n) is 2.72. The summed E-state index contributed by atoms with van der Waals surface area (Å²) in [6, 6.07) is 4.88. The average Bonchev–Trinajstić information content (AvgIpc) is 2.80. The highest BCUT2D eigenvalue weighted by atomic mass is 15.0. The maximum Gasteiger partial charge on any atom is 0.0373 e. The first-order valence-electron chi connectivity index (χ1n) is 5.71. The summed E-state index contributed by atoms with van der Waals surface area (Å²) in [7, 11) is 0. The van der Waals surface area contributed by atoms with Gasteiger partial charge in [-0.15, -0.1) is 0 Å². The first kappa shape index (κ1) is 9.10. The number of aryl methyl sites for hydroxylation is 1. The van der Waals surface area contributed by atoms with Crippen LogP contribution in [0, 0.1) is 12.8 Å². The summed E-state index contributed by atoms with van der Waals surface area (Å²) in [6.07, 6.45) is 6.95. The molecule has 1 saturated heterocycles. The highest BCUT2D eigenvalue weighted by molar-refractivity contribution is 5.72. The van der Waals surface area contributed by atoms with E-state index in [2.05, 4.69) is 28.5 Å². The van der Waals surface area contributed by atoms with Crippen molar-refractivity contribution in [1.82, 2.24) is 10.3 Å². The predicted molar refractivity (Wildman–Crippen MR) is 61.5 cm³/mol. The summed E-state index contributed by atoms with van der Waals surface area (Å²) in [5.74, 6) is 0.835. The van der Waals surface area contributed by atoms with Crippen LogP contribution in [0.5, 0.6) is 0 Å². The van der Waals surface area contributed by atoms with Crippen LogP contribution in [0.25, 0.3) is 5.57 Å². The number of fused-ring (bicyclic) bond motifs is 1. The minimum absolute atomic E-state index is 0.592. The Morgan fingerprint density at radius 3 is 3.13 bits per heavy atom. The summed E-state index contributed by atoms with van der Waals surface area (Å²) < 4.78 is 0. The van der Waals surface area contributed by atoms with E-state index in [9.17, 15) is 0 Å². The lowest BCUT2D eigenvalue weighted by molar-refractivity contribution is 0.557. The summed E-state index contributed by atoms with van der Waals surface area (Å²) in [5.41, 5.74) is 3.85. The molecule has 1 aliphatic heterocycles. The molecule has 1 fully saturated rings. The van der Waals surface area contributed by atoms with Gasteiger partial charge >= 0.3 is 0 Å². The molecule has 0 amide bonds. The van der Waals surface area contributed by atoms with Gasteiger partial charge in [0.25, 0.3) is 0 Å². The second-order valence-electron chi connectivity index (χ2n) is 4.56. The number of hydrogen-bond acceptors (Lipinski definition) is 2. The van der Waals surface area contributed by atoms with Gasteiger partial charge in [0, 0.05) is 17.9 Å². The van der Waals surface area contributed by atoms with Crippen molar-refractivity contribution in [1.29, 1.82) is 0 Å². The van der Waals surface area contributed by atoms with E-state index >= 15 is 0 Å². The molecule has 1 aromatic rings. The number of aromatic nitrogens is 1. The molecule has 0 radical (unpaired) electrons. The monoisotopic (exact) mass is 200 g/mol. The number of nitrogens with zero attached hydrogens (tertiary/aromatic N) is 1. The maximum atomic E-state index is 4.37. The molecule has 1 aliphatic carbocycles. The van der Waals surface area contributed by atoms with Crippen molar-refractivity contribution in [3.8, 4) is 0 Å². The highest BCUT2D eigenvalue weighted by Gasteiger charge is 2.33. The fraction of sp³-hybridized carbons (Fsp3) is 0.462. The van der Waals surface area contributed by atoms with Gasteiger partial charge in [-0.3, -0.25) is 4.98 Å². The summed E-state index contributed by atoms with van der Waals surface area (Å²) in [5, 5.41) is 3.59. The van der Waals surface area contributed by atoms with Crippen molar-refractivity contribution in [2.75, 3.05) is 6.54 Å². The van der Waals surface area contributed by atoms with Crippen LogP contribution in [-0.2, 0) is 0 Å². The van der Waals surface area contributed by atoms with Crippen LogP contribution in [0.3, 0.4) is 0 Å². The van der Waals surface area contributed by atoms with Crippen LogP contribution in [0.4, 0.5) is 0 Å². The van der Waals surface area contributed by atoms with Crippen LogP contribution in [-0.4, -0.2) is 17.6 Å². The van der Waals surface area contributed by atoms with Crippen LogP contribution < -0.4 is 5.32 Å². The highest BCUT2D eigenvalue weighted by Crippen LogP contribution is 2.37. The lowest BCUT2D eigenvalue weighted by Crippen LogP contribution is -2.24. The number of hydrogen-bond donors (Lipinski definition) is 1. The Kier molecular flexibility index (Phi) is 2.10. The Labute approximate surface area is 90.4 Å². The predicted octanol–water partition coefficient (Wildman–Crippen LogP) is 2.16. The van der Waals surface area contributed by atoms with E-state index in [0.29, 0.717) is 6.04 Å². The molecule has 2 atom stereocenters. The Hall–Kier alpha value is -1.15. The maximum absolute atomic E-state index is 4.37. The second kappa shape index (κ2) is 3.46. The van der Waals surface area contributed by atoms with Crippen LogP contribution in [0.2, 0.25) is 0 Å². The Morgan fingerprint density at radius 1 is 1.40 bits per heavy atom. The third kappa shape index (κ3) is 1.49. The number of rotatable bonds is 1. The number of allylic oxidation sites excluding steroid dienone is 1. The summed E-state index contributed by atoms with van der Waals surface area (Å²) in [6.45, 7) is 3.20. The molecular formula is C13H16N2. The van der Waals surface area contributed by atoms with Crippen molar-refractivity contribution in [3.63, 3.8) is 0 Å². The molecule has 0 aromatic carbocycles. The van der Waals surface area contributed by atoms with Gasteiger partial charge in [-0.25, -0.2) is 0 Å². The summed E-state index contributed by atoms with van der Waals surface area (Å²) in [4.78, 5) is 4.37. The standard InChI is InChI=1S/C13H16N2/c1-9-2-3-11(8-15-9)12-5-4-10-6-7-14-13(10)12/h2-3,5,8,10,13-14H,4,6-7H2,1H3/t10-,13+/m0/s1. The largest absolute Gasteiger partial charge is 0.310 e. The fourth-order valence-corrected chi connectivity index (χ4v) is 2.72. The van der Waals surface area contributed by atoms with Gasteiger partial charge < -0.3 is 5.32 Å². The first-order valence-corrected chi connectivity index (χ1v) is 5.71. The minimum atomic E-state index is 0.592. The van der Waals surface area contributed by atoms with Gasteiger partial charge in [0.1, 0.15) is 0 Å². The third-order valence-corrected chi connectivity index (χ3v) is 3.57. The summed E-state index contributed by atoms with van der Waals surface area (Å²) >= 11 is 0. The van der Waals surface area contributed by atoms with E-state index < -0.39 is 0 Å². The third-order valence-electron chi connectivity index (χ3n) is 3.57. The van der Waals surface area contributed by atoms with E-state index in [-0.39, 0.29) is 0 Å². The average molecular weight is 200 g/mol. The van der Waals surface area contributed by atoms with Crippen molar-refractivity contribution in [3.05, 3.63) is 35.7 Å². The molecule has 0 unspecified atom stereocenters. The molecule has 3 rings (SSSR count). The molecule has 78 valence electrons. The lowest BCUT2D eigenvalue weighted by atomic mass is 9.97. The van der Waals surface area contributed by atoms with Crippen molar-refractivity contribution < 1.29 is 0 Å². The first-order chi connectivity index (χ1) is 7.34.